The number of carbonyl (C=O) groups excluding carboxylic acids is 4. The van der Waals surface area contributed by atoms with Crippen LogP contribution < -0.4 is 10.6 Å². The van der Waals surface area contributed by atoms with Gasteiger partial charge >= 0.3 is 12.0 Å². The first-order chi connectivity index (χ1) is 13.8. The summed E-state index contributed by atoms with van der Waals surface area (Å²) < 4.78 is 4.99. The molecule has 1 aromatic carbocycles. The van der Waals surface area contributed by atoms with Crippen molar-refractivity contribution in [2.24, 2.45) is 0 Å². The lowest BCUT2D eigenvalue weighted by atomic mass is 9.93. The molecule has 1 aliphatic heterocycles. The fourth-order valence-corrected chi connectivity index (χ4v) is 3.45. The minimum atomic E-state index is -0.977. The summed E-state index contributed by atoms with van der Waals surface area (Å²) in [6, 6.07) is 5.19. The highest BCUT2D eigenvalue weighted by Crippen LogP contribution is 2.25. The Kier molecular flexibility index (Phi) is 7.36. The predicted molar refractivity (Wildman–Crippen MR) is 108 cm³/mol. The zero-order chi connectivity index (χ0) is 21.6. The Hall–Kier alpha value is -2.90. The van der Waals surface area contributed by atoms with Crippen LogP contribution in [0.5, 0.6) is 0 Å². The molecule has 158 valence electrons. The third-order valence-corrected chi connectivity index (χ3v) is 5.37. The summed E-state index contributed by atoms with van der Waals surface area (Å²) in [7, 11) is 0. The van der Waals surface area contributed by atoms with Gasteiger partial charge in [-0.15, -0.1) is 0 Å². The van der Waals surface area contributed by atoms with Crippen molar-refractivity contribution in [2.75, 3.05) is 18.5 Å². The lowest BCUT2D eigenvalue weighted by Gasteiger charge is -2.22. The number of anilines is 1. The maximum atomic E-state index is 12.5. The number of aryl methyl sites for hydroxylation is 2. The molecule has 2 rings (SSSR count). The molecule has 4 amide bonds. The second kappa shape index (κ2) is 9.54. The average molecular weight is 403 g/mol. The molecule has 29 heavy (non-hydrogen) atoms. The van der Waals surface area contributed by atoms with E-state index in [0.29, 0.717) is 12.8 Å². The van der Waals surface area contributed by atoms with Crippen LogP contribution in [0.1, 0.15) is 51.7 Å². The molecule has 2 N–H and O–H groups in total. The highest BCUT2D eigenvalue weighted by Gasteiger charge is 2.49. The summed E-state index contributed by atoms with van der Waals surface area (Å²) in [6.07, 6.45) is 2.37. The first-order valence-electron chi connectivity index (χ1n) is 10.0. The standard InChI is InChI=1S/C21H29N3O5/c1-5-14-10-9-11-15(6-2)18(14)22-16(25)13-29-17(26)12-24-19(27)21(7-3,8-4)23-20(24)28/h9-11H,5-8,12-13H2,1-4H3,(H,22,25)(H,23,28). The van der Waals surface area contributed by atoms with E-state index in [2.05, 4.69) is 10.6 Å². The van der Waals surface area contributed by atoms with Crippen molar-refractivity contribution < 1.29 is 23.9 Å². The van der Waals surface area contributed by atoms with Gasteiger partial charge in [-0.3, -0.25) is 19.3 Å². The van der Waals surface area contributed by atoms with Gasteiger partial charge in [0.05, 0.1) is 0 Å². The van der Waals surface area contributed by atoms with Crippen LogP contribution in [-0.2, 0) is 32.0 Å². The minimum Gasteiger partial charge on any atom is -0.454 e. The molecular weight excluding hydrogens is 374 g/mol. The number of esters is 1. The van der Waals surface area contributed by atoms with Gasteiger partial charge in [-0.25, -0.2) is 4.79 Å². The third-order valence-electron chi connectivity index (χ3n) is 5.37. The van der Waals surface area contributed by atoms with Crippen LogP contribution in [0.3, 0.4) is 0 Å². The Balaban J connectivity index is 1.94. The molecule has 1 heterocycles. The Bertz CT molecular complexity index is 779. The molecule has 0 unspecified atom stereocenters. The van der Waals surface area contributed by atoms with Gasteiger partial charge in [0.15, 0.2) is 6.61 Å². The highest BCUT2D eigenvalue weighted by molar-refractivity contribution is 6.08. The number of urea groups is 1. The predicted octanol–water partition coefficient (Wildman–Crippen LogP) is 2.40. The van der Waals surface area contributed by atoms with E-state index in [9.17, 15) is 19.2 Å². The first-order valence-corrected chi connectivity index (χ1v) is 10.0. The van der Waals surface area contributed by atoms with Crippen molar-refractivity contribution in [3.63, 3.8) is 0 Å². The number of carbonyl (C=O) groups is 4. The normalized spacial score (nSPS) is 15.2. The van der Waals surface area contributed by atoms with Gasteiger partial charge in [0, 0.05) is 5.69 Å². The molecule has 0 spiro atoms. The number of nitrogens with one attached hydrogen (secondary N) is 2. The number of hydrogen-bond donors (Lipinski definition) is 2. The van der Waals surface area contributed by atoms with Crippen molar-refractivity contribution in [3.05, 3.63) is 29.3 Å². The van der Waals surface area contributed by atoms with Gasteiger partial charge in [0.25, 0.3) is 11.8 Å². The second-order valence-corrected chi connectivity index (χ2v) is 6.98. The van der Waals surface area contributed by atoms with Crippen LogP contribution in [0.25, 0.3) is 0 Å². The van der Waals surface area contributed by atoms with Crippen LogP contribution >= 0.6 is 0 Å². The average Bonchev–Trinajstić information content (AvgIpc) is 2.97. The van der Waals surface area contributed by atoms with Crippen LogP contribution in [0.15, 0.2) is 18.2 Å². The van der Waals surface area contributed by atoms with E-state index in [1.807, 2.05) is 32.0 Å². The number of rotatable bonds is 9. The van der Waals surface area contributed by atoms with Gasteiger partial charge in [-0.1, -0.05) is 45.9 Å². The van der Waals surface area contributed by atoms with Gasteiger partial charge in [-0.05, 0) is 36.8 Å². The highest BCUT2D eigenvalue weighted by atomic mass is 16.5. The summed E-state index contributed by atoms with van der Waals surface area (Å²) in [5.74, 6) is -1.73. The molecule has 0 aromatic heterocycles. The molecular formula is C21H29N3O5. The molecule has 1 aliphatic rings. The van der Waals surface area contributed by atoms with E-state index >= 15 is 0 Å². The number of amides is 4. The quantitative estimate of drug-likeness (QED) is 0.487. The van der Waals surface area contributed by atoms with Crippen molar-refractivity contribution in [3.8, 4) is 0 Å². The van der Waals surface area contributed by atoms with Gasteiger partial charge in [0.2, 0.25) is 0 Å². The van der Waals surface area contributed by atoms with Gasteiger partial charge < -0.3 is 15.4 Å². The third kappa shape index (κ3) is 4.75. The van der Waals surface area contributed by atoms with Crippen molar-refractivity contribution in [1.82, 2.24) is 10.2 Å². The maximum Gasteiger partial charge on any atom is 0.326 e. The van der Waals surface area contributed by atoms with E-state index in [1.54, 1.807) is 13.8 Å². The Labute approximate surface area is 171 Å². The monoisotopic (exact) mass is 403 g/mol. The van der Waals surface area contributed by atoms with E-state index in [4.69, 9.17) is 4.74 Å². The number of ether oxygens (including phenoxy) is 1. The molecule has 0 bridgehead atoms. The van der Waals surface area contributed by atoms with Gasteiger partial charge in [0.1, 0.15) is 12.1 Å². The number of nitrogens with zero attached hydrogens (tertiary/aromatic N) is 1. The smallest absolute Gasteiger partial charge is 0.326 e. The molecule has 1 aromatic rings. The van der Waals surface area contributed by atoms with E-state index in [1.165, 1.54) is 0 Å². The lowest BCUT2D eigenvalue weighted by Crippen LogP contribution is -2.46. The van der Waals surface area contributed by atoms with Gasteiger partial charge in [-0.2, -0.15) is 0 Å². The fourth-order valence-electron chi connectivity index (χ4n) is 3.45. The SMILES string of the molecule is CCc1cccc(CC)c1NC(=O)COC(=O)CN1C(=O)NC(CC)(CC)C1=O. The van der Waals surface area contributed by atoms with Crippen molar-refractivity contribution in [2.45, 2.75) is 58.9 Å². The van der Waals surface area contributed by atoms with Crippen molar-refractivity contribution in [1.29, 1.82) is 0 Å². The Morgan fingerprint density at radius 2 is 1.66 bits per heavy atom. The number of imide groups is 1. The van der Waals surface area contributed by atoms with Crippen molar-refractivity contribution >= 4 is 29.5 Å². The number of para-hydroxylation sites is 1. The summed E-state index contributed by atoms with van der Waals surface area (Å²) in [5.41, 5.74) is 1.76. The molecule has 0 saturated carbocycles. The largest absolute Gasteiger partial charge is 0.454 e. The van der Waals surface area contributed by atoms with Crippen LogP contribution in [0, 0.1) is 0 Å². The zero-order valence-electron chi connectivity index (χ0n) is 17.5. The maximum absolute atomic E-state index is 12.5. The van der Waals surface area contributed by atoms with Crippen LogP contribution in [-0.4, -0.2) is 47.4 Å². The molecule has 0 aliphatic carbocycles. The Morgan fingerprint density at radius 3 is 2.14 bits per heavy atom. The lowest BCUT2D eigenvalue weighted by molar-refractivity contribution is -0.150. The molecule has 8 heteroatoms. The fraction of sp³-hybridized carbons (Fsp3) is 0.524. The van der Waals surface area contributed by atoms with Crippen LogP contribution in [0.4, 0.5) is 10.5 Å². The van der Waals surface area contributed by atoms with E-state index in [0.717, 1.165) is 34.6 Å². The topological polar surface area (TPSA) is 105 Å². The zero-order valence-corrected chi connectivity index (χ0v) is 17.5. The Morgan fingerprint density at radius 1 is 1.07 bits per heavy atom. The molecule has 8 nitrogen and oxygen atoms in total. The molecule has 1 fully saturated rings. The summed E-state index contributed by atoms with van der Waals surface area (Å²) in [6.45, 7) is 6.57. The molecule has 0 atom stereocenters. The first kappa shape index (κ1) is 22.4. The van der Waals surface area contributed by atoms with E-state index in [-0.39, 0.29) is 0 Å². The summed E-state index contributed by atoms with van der Waals surface area (Å²) >= 11 is 0. The molecule has 0 radical (unpaired) electrons. The van der Waals surface area contributed by atoms with E-state index < -0.39 is 42.5 Å². The number of hydrogen-bond acceptors (Lipinski definition) is 5. The van der Waals surface area contributed by atoms with Crippen LogP contribution in [0.2, 0.25) is 0 Å². The molecule has 1 saturated heterocycles. The second-order valence-electron chi connectivity index (χ2n) is 6.98. The summed E-state index contributed by atoms with van der Waals surface area (Å²) in [5, 5.41) is 5.45. The minimum absolute atomic E-state index is 0.429. The summed E-state index contributed by atoms with van der Waals surface area (Å²) in [4.78, 5) is 49.8. The number of benzene rings is 1.